The number of ether oxygens (including phenoxy) is 3. The summed E-state index contributed by atoms with van der Waals surface area (Å²) in [7, 11) is 1.31. The molecule has 1 heterocycles. The molecule has 158 valence electrons. The average Bonchev–Trinajstić information content (AvgIpc) is 3.18. The summed E-state index contributed by atoms with van der Waals surface area (Å²) >= 11 is 6.09. The number of aromatic nitrogens is 2. The summed E-state index contributed by atoms with van der Waals surface area (Å²) in [4.78, 5) is 12.4. The molecule has 3 rings (SSSR count). The maximum Gasteiger partial charge on any atom is 0.387 e. The molecule has 1 aromatic heterocycles. The van der Waals surface area contributed by atoms with E-state index in [1.165, 1.54) is 36.1 Å². The summed E-state index contributed by atoms with van der Waals surface area (Å²) in [5.74, 6) is -0.0629. The Balaban J connectivity index is 1.64. The number of nitrogens with zero attached hydrogens (tertiary/aromatic N) is 2. The maximum absolute atomic E-state index is 12.4. The molecular formula is C20H18ClF2N3O4. The number of aryl methyl sites for hydroxylation is 1. The average molecular weight is 438 g/mol. The number of rotatable bonds is 8. The van der Waals surface area contributed by atoms with E-state index in [1.807, 2.05) is 13.0 Å². The van der Waals surface area contributed by atoms with Gasteiger partial charge in [0.15, 0.2) is 23.9 Å². The lowest BCUT2D eigenvalue weighted by atomic mass is 10.2. The zero-order valence-electron chi connectivity index (χ0n) is 16.1. The number of hydrogen-bond acceptors (Lipinski definition) is 5. The topological polar surface area (TPSA) is 74.6 Å². The van der Waals surface area contributed by atoms with Crippen molar-refractivity contribution in [3.63, 3.8) is 0 Å². The van der Waals surface area contributed by atoms with Crippen LogP contribution in [0.25, 0.3) is 0 Å². The van der Waals surface area contributed by atoms with Crippen molar-refractivity contribution in [2.24, 2.45) is 0 Å². The highest BCUT2D eigenvalue weighted by atomic mass is 35.5. The van der Waals surface area contributed by atoms with Crippen molar-refractivity contribution in [2.75, 3.05) is 12.4 Å². The molecule has 0 aliphatic heterocycles. The lowest BCUT2D eigenvalue weighted by Gasteiger charge is -2.11. The lowest BCUT2D eigenvalue weighted by Crippen LogP contribution is -2.14. The summed E-state index contributed by atoms with van der Waals surface area (Å²) in [6.45, 7) is -1.01. The molecule has 0 aliphatic carbocycles. The quantitative estimate of drug-likeness (QED) is 0.550. The van der Waals surface area contributed by atoms with E-state index in [1.54, 1.807) is 18.3 Å². The van der Waals surface area contributed by atoms with Gasteiger partial charge in [0.2, 0.25) is 0 Å². The second-order valence-electron chi connectivity index (χ2n) is 6.15. The minimum Gasteiger partial charge on any atom is -0.493 e. The largest absolute Gasteiger partial charge is 0.493 e. The molecule has 0 aliphatic rings. The van der Waals surface area contributed by atoms with Gasteiger partial charge < -0.3 is 19.5 Å². The van der Waals surface area contributed by atoms with Crippen LogP contribution in [0.3, 0.4) is 0 Å². The predicted octanol–water partition coefficient (Wildman–Crippen LogP) is 4.74. The van der Waals surface area contributed by atoms with Gasteiger partial charge in [0.1, 0.15) is 5.75 Å². The van der Waals surface area contributed by atoms with E-state index in [0.29, 0.717) is 16.5 Å². The number of anilines is 1. The van der Waals surface area contributed by atoms with Gasteiger partial charge in [-0.05, 0) is 42.8 Å². The molecule has 0 radical (unpaired) electrons. The SMILES string of the molecule is COc1cc(NC(=O)c2ccn(COc3cc(C)ccc3Cl)n2)ccc1OC(F)F. The molecule has 1 N–H and O–H groups in total. The Morgan fingerprint density at radius 1 is 1.17 bits per heavy atom. The van der Waals surface area contributed by atoms with Crippen LogP contribution in [0.15, 0.2) is 48.7 Å². The van der Waals surface area contributed by atoms with Gasteiger partial charge in [-0.2, -0.15) is 13.9 Å². The first-order valence-electron chi connectivity index (χ1n) is 8.72. The number of carbonyl (C=O) groups excluding carboxylic acids is 1. The third kappa shape index (κ3) is 5.38. The number of hydrogen-bond donors (Lipinski definition) is 1. The van der Waals surface area contributed by atoms with Crippen molar-refractivity contribution in [3.8, 4) is 17.2 Å². The van der Waals surface area contributed by atoms with Crippen LogP contribution in [-0.2, 0) is 6.73 Å². The normalized spacial score (nSPS) is 10.7. The highest BCUT2D eigenvalue weighted by Crippen LogP contribution is 2.31. The van der Waals surface area contributed by atoms with Crippen molar-refractivity contribution in [3.05, 3.63) is 64.9 Å². The van der Waals surface area contributed by atoms with E-state index in [2.05, 4.69) is 15.2 Å². The van der Waals surface area contributed by atoms with Gasteiger partial charge in [0.25, 0.3) is 5.91 Å². The third-order valence-electron chi connectivity index (χ3n) is 3.95. The van der Waals surface area contributed by atoms with Gasteiger partial charge in [0, 0.05) is 18.0 Å². The minimum absolute atomic E-state index is 0.0575. The van der Waals surface area contributed by atoms with Crippen LogP contribution in [0.2, 0.25) is 5.02 Å². The number of nitrogens with one attached hydrogen (secondary N) is 1. The van der Waals surface area contributed by atoms with Gasteiger partial charge in [0.05, 0.1) is 12.1 Å². The Hall–Kier alpha value is -3.33. The van der Waals surface area contributed by atoms with Crippen molar-refractivity contribution in [1.29, 1.82) is 0 Å². The lowest BCUT2D eigenvalue weighted by molar-refractivity contribution is -0.0512. The molecule has 0 saturated carbocycles. The molecule has 3 aromatic rings. The highest BCUT2D eigenvalue weighted by Gasteiger charge is 2.14. The molecule has 0 unspecified atom stereocenters. The predicted molar refractivity (Wildman–Crippen MR) is 107 cm³/mol. The number of carbonyl (C=O) groups is 1. The molecule has 7 nitrogen and oxygen atoms in total. The van der Waals surface area contributed by atoms with Crippen LogP contribution < -0.4 is 19.5 Å². The van der Waals surface area contributed by atoms with Gasteiger partial charge >= 0.3 is 6.61 Å². The fraction of sp³-hybridized carbons (Fsp3) is 0.200. The molecule has 2 aromatic carbocycles. The first-order valence-corrected chi connectivity index (χ1v) is 9.10. The molecule has 1 amide bonds. The summed E-state index contributed by atoms with van der Waals surface area (Å²) in [6.07, 6.45) is 1.58. The van der Waals surface area contributed by atoms with Gasteiger partial charge in [-0.25, -0.2) is 4.68 Å². The zero-order valence-corrected chi connectivity index (χ0v) is 16.8. The molecular weight excluding hydrogens is 420 g/mol. The van der Waals surface area contributed by atoms with Crippen molar-refractivity contribution >= 4 is 23.2 Å². The number of alkyl halides is 2. The van der Waals surface area contributed by atoms with Crippen LogP contribution in [-0.4, -0.2) is 29.4 Å². The number of methoxy groups -OCH3 is 1. The van der Waals surface area contributed by atoms with Crippen LogP contribution in [0, 0.1) is 6.92 Å². The summed E-state index contributed by atoms with van der Waals surface area (Å²) in [5, 5.41) is 7.24. The van der Waals surface area contributed by atoms with E-state index in [0.717, 1.165) is 5.56 Å². The van der Waals surface area contributed by atoms with E-state index in [-0.39, 0.29) is 23.9 Å². The summed E-state index contributed by atoms with van der Waals surface area (Å²) in [5.41, 5.74) is 1.46. The van der Waals surface area contributed by atoms with Crippen LogP contribution >= 0.6 is 11.6 Å². The van der Waals surface area contributed by atoms with Crippen molar-refractivity contribution in [2.45, 2.75) is 20.3 Å². The second-order valence-corrected chi connectivity index (χ2v) is 6.55. The number of halogens is 3. The number of benzene rings is 2. The van der Waals surface area contributed by atoms with Crippen molar-refractivity contribution in [1.82, 2.24) is 9.78 Å². The Morgan fingerprint density at radius 3 is 2.70 bits per heavy atom. The number of amides is 1. The van der Waals surface area contributed by atoms with Gasteiger partial charge in [-0.15, -0.1) is 0 Å². The van der Waals surface area contributed by atoms with E-state index in [4.69, 9.17) is 21.1 Å². The van der Waals surface area contributed by atoms with E-state index >= 15 is 0 Å². The van der Waals surface area contributed by atoms with E-state index in [9.17, 15) is 13.6 Å². The maximum atomic E-state index is 12.4. The molecule has 0 spiro atoms. The van der Waals surface area contributed by atoms with Crippen LogP contribution in [0.5, 0.6) is 17.2 Å². The van der Waals surface area contributed by atoms with Gasteiger partial charge in [-0.1, -0.05) is 17.7 Å². The Bertz CT molecular complexity index is 1040. The third-order valence-corrected chi connectivity index (χ3v) is 4.26. The fourth-order valence-corrected chi connectivity index (χ4v) is 2.72. The first kappa shape index (κ1) is 21.4. The summed E-state index contributed by atoms with van der Waals surface area (Å²) in [6, 6.07) is 11.0. The van der Waals surface area contributed by atoms with Crippen LogP contribution in [0.4, 0.5) is 14.5 Å². The van der Waals surface area contributed by atoms with Crippen molar-refractivity contribution < 1.29 is 27.8 Å². The minimum atomic E-state index is -2.99. The smallest absolute Gasteiger partial charge is 0.387 e. The first-order chi connectivity index (χ1) is 14.4. The molecule has 10 heteroatoms. The van der Waals surface area contributed by atoms with Crippen LogP contribution in [0.1, 0.15) is 16.1 Å². The zero-order chi connectivity index (χ0) is 21.7. The monoisotopic (exact) mass is 437 g/mol. The van der Waals surface area contributed by atoms with E-state index < -0.39 is 12.5 Å². The molecule has 0 saturated heterocycles. The molecule has 30 heavy (non-hydrogen) atoms. The second kappa shape index (κ2) is 9.45. The summed E-state index contributed by atoms with van der Waals surface area (Å²) < 4.78 is 41.3. The highest BCUT2D eigenvalue weighted by molar-refractivity contribution is 6.32. The standard InChI is InChI=1S/C20H18ClF2N3O4/c1-12-3-5-14(21)17(9-12)29-11-26-8-7-15(25-26)19(27)24-13-4-6-16(30-20(22)23)18(10-13)28-2/h3-10,20H,11H2,1-2H3,(H,24,27). The Morgan fingerprint density at radius 2 is 1.97 bits per heavy atom. The van der Waals surface area contributed by atoms with Gasteiger partial charge in [-0.3, -0.25) is 4.79 Å². The fourth-order valence-electron chi connectivity index (χ4n) is 2.55. The molecule has 0 fully saturated rings. The molecule has 0 bridgehead atoms. The Kier molecular flexibility index (Phi) is 6.73. The molecule has 0 atom stereocenters. The Labute approximate surface area is 176 Å².